The van der Waals surface area contributed by atoms with Crippen LogP contribution in [-0.4, -0.2) is 14.2 Å². The van der Waals surface area contributed by atoms with E-state index in [2.05, 4.69) is 6.07 Å². The Morgan fingerprint density at radius 3 is 2.38 bits per heavy atom. The molecule has 0 bridgehead atoms. The van der Waals surface area contributed by atoms with Crippen LogP contribution in [-0.2, 0) is 0 Å². The van der Waals surface area contributed by atoms with Crippen molar-refractivity contribution in [2.45, 2.75) is 0 Å². The molecule has 0 aliphatic carbocycles. The van der Waals surface area contributed by atoms with E-state index in [1.807, 2.05) is 30.3 Å². The quantitative estimate of drug-likeness (QED) is 0.620. The van der Waals surface area contributed by atoms with Crippen molar-refractivity contribution in [1.29, 1.82) is 5.26 Å². The van der Waals surface area contributed by atoms with Gasteiger partial charge in [0, 0.05) is 10.6 Å². The topological polar surface area (TPSA) is 42.2 Å². The molecule has 0 aliphatic heterocycles. The lowest BCUT2D eigenvalue weighted by molar-refractivity contribution is 0.402. The number of nitrogens with zero attached hydrogens (tertiary/aromatic N) is 1. The highest BCUT2D eigenvalue weighted by atomic mass is 35.5. The van der Waals surface area contributed by atoms with Crippen LogP contribution in [0.1, 0.15) is 11.1 Å². The van der Waals surface area contributed by atoms with Crippen molar-refractivity contribution < 1.29 is 9.47 Å². The Kier molecular flexibility index (Phi) is 4.86. The highest BCUT2D eigenvalue weighted by Crippen LogP contribution is 2.28. The molecule has 0 unspecified atom stereocenters. The maximum absolute atomic E-state index is 9.38. The Morgan fingerprint density at radius 2 is 1.81 bits per heavy atom. The largest absolute Gasteiger partial charge is 0.497 e. The van der Waals surface area contributed by atoms with E-state index in [0.29, 0.717) is 22.1 Å². The highest BCUT2D eigenvalue weighted by molar-refractivity contribution is 6.30. The van der Waals surface area contributed by atoms with E-state index in [1.165, 1.54) is 0 Å². The summed E-state index contributed by atoms with van der Waals surface area (Å²) < 4.78 is 10.5. The third kappa shape index (κ3) is 3.56. The van der Waals surface area contributed by atoms with Crippen LogP contribution >= 0.6 is 11.6 Å². The second-order valence-electron chi connectivity index (χ2n) is 4.28. The van der Waals surface area contributed by atoms with Crippen LogP contribution in [0, 0.1) is 11.3 Å². The maximum atomic E-state index is 9.38. The molecule has 0 N–H and O–H groups in total. The maximum Gasteiger partial charge on any atom is 0.126 e. The predicted octanol–water partition coefficient (Wildman–Crippen LogP) is 4.42. The molecule has 0 atom stereocenters. The second-order valence-corrected chi connectivity index (χ2v) is 4.72. The molecule has 106 valence electrons. The van der Waals surface area contributed by atoms with E-state index in [1.54, 1.807) is 32.4 Å². The highest BCUT2D eigenvalue weighted by Gasteiger charge is 2.06. The van der Waals surface area contributed by atoms with Crippen LogP contribution < -0.4 is 9.47 Å². The Labute approximate surface area is 129 Å². The molecule has 0 spiro atoms. The summed E-state index contributed by atoms with van der Waals surface area (Å²) in [6.45, 7) is 0. The monoisotopic (exact) mass is 299 g/mol. The Hall–Kier alpha value is -2.44. The van der Waals surface area contributed by atoms with E-state index in [9.17, 15) is 5.26 Å². The van der Waals surface area contributed by atoms with Gasteiger partial charge in [0.25, 0.3) is 0 Å². The van der Waals surface area contributed by atoms with Crippen molar-refractivity contribution in [1.82, 2.24) is 0 Å². The SMILES string of the molecule is COc1ccc(OC)c(/C=C(\C#N)c2ccc(Cl)cc2)c1. The lowest BCUT2D eigenvalue weighted by Gasteiger charge is -2.08. The van der Waals surface area contributed by atoms with Crippen LogP contribution in [0.25, 0.3) is 11.6 Å². The summed E-state index contributed by atoms with van der Waals surface area (Å²) in [6.07, 6.45) is 1.77. The number of rotatable bonds is 4. The molecule has 0 saturated heterocycles. The molecule has 0 fully saturated rings. The van der Waals surface area contributed by atoms with Crippen LogP contribution in [0.5, 0.6) is 11.5 Å². The molecule has 4 heteroatoms. The summed E-state index contributed by atoms with van der Waals surface area (Å²) in [5.74, 6) is 1.38. The predicted molar refractivity (Wildman–Crippen MR) is 84.5 cm³/mol. The molecule has 0 aliphatic rings. The van der Waals surface area contributed by atoms with Gasteiger partial charge < -0.3 is 9.47 Å². The number of benzene rings is 2. The van der Waals surface area contributed by atoms with Gasteiger partial charge in [0.1, 0.15) is 11.5 Å². The minimum Gasteiger partial charge on any atom is -0.497 e. The first-order valence-electron chi connectivity index (χ1n) is 6.27. The van der Waals surface area contributed by atoms with Crippen LogP contribution in [0.3, 0.4) is 0 Å². The van der Waals surface area contributed by atoms with E-state index >= 15 is 0 Å². The number of ether oxygens (including phenoxy) is 2. The average molecular weight is 300 g/mol. The number of nitriles is 1. The molecular weight excluding hydrogens is 286 g/mol. The molecule has 0 saturated carbocycles. The van der Waals surface area contributed by atoms with Crippen LogP contribution in [0.4, 0.5) is 0 Å². The molecule has 21 heavy (non-hydrogen) atoms. The minimum atomic E-state index is 0.526. The smallest absolute Gasteiger partial charge is 0.126 e. The van der Waals surface area contributed by atoms with E-state index < -0.39 is 0 Å². The van der Waals surface area contributed by atoms with Gasteiger partial charge in [0.05, 0.1) is 25.9 Å². The summed E-state index contributed by atoms with van der Waals surface area (Å²) in [5, 5.41) is 10.0. The first-order chi connectivity index (χ1) is 10.2. The van der Waals surface area contributed by atoms with Gasteiger partial charge in [-0.3, -0.25) is 0 Å². The molecule has 0 heterocycles. The number of allylic oxidation sites excluding steroid dienone is 1. The molecule has 2 rings (SSSR count). The lowest BCUT2D eigenvalue weighted by atomic mass is 10.0. The number of hydrogen-bond acceptors (Lipinski definition) is 3. The fourth-order valence-electron chi connectivity index (χ4n) is 1.92. The molecular formula is C17H14ClNO2. The third-order valence-electron chi connectivity index (χ3n) is 3.01. The summed E-state index contributed by atoms with van der Waals surface area (Å²) in [6, 6.07) is 14.8. The lowest BCUT2D eigenvalue weighted by Crippen LogP contribution is -1.90. The fraction of sp³-hybridized carbons (Fsp3) is 0.118. The van der Waals surface area contributed by atoms with E-state index in [0.717, 1.165) is 11.1 Å². The average Bonchev–Trinajstić information content (AvgIpc) is 2.53. The van der Waals surface area contributed by atoms with Gasteiger partial charge in [0.15, 0.2) is 0 Å². The van der Waals surface area contributed by atoms with Gasteiger partial charge in [-0.25, -0.2) is 0 Å². The first kappa shape index (κ1) is 15.0. The zero-order valence-electron chi connectivity index (χ0n) is 11.8. The van der Waals surface area contributed by atoms with Gasteiger partial charge in [-0.05, 0) is 42.0 Å². The van der Waals surface area contributed by atoms with Crippen LogP contribution in [0.2, 0.25) is 5.02 Å². The van der Waals surface area contributed by atoms with Crippen molar-refractivity contribution in [3.8, 4) is 17.6 Å². The fourth-order valence-corrected chi connectivity index (χ4v) is 2.04. The van der Waals surface area contributed by atoms with Gasteiger partial charge in [0.2, 0.25) is 0 Å². The molecule has 0 aromatic heterocycles. The first-order valence-corrected chi connectivity index (χ1v) is 6.65. The van der Waals surface area contributed by atoms with E-state index in [4.69, 9.17) is 21.1 Å². The molecule has 0 amide bonds. The number of methoxy groups -OCH3 is 2. The Morgan fingerprint density at radius 1 is 1.10 bits per heavy atom. The van der Waals surface area contributed by atoms with Crippen molar-refractivity contribution >= 4 is 23.3 Å². The summed E-state index contributed by atoms with van der Waals surface area (Å²) in [5.41, 5.74) is 2.10. The van der Waals surface area contributed by atoms with Crippen molar-refractivity contribution in [2.75, 3.05) is 14.2 Å². The Balaban J connectivity index is 2.49. The number of halogens is 1. The molecule has 3 nitrogen and oxygen atoms in total. The van der Waals surface area contributed by atoms with Crippen molar-refractivity contribution in [2.24, 2.45) is 0 Å². The summed E-state index contributed by atoms with van der Waals surface area (Å²) in [4.78, 5) is 0. The zero-order chi connectivity index (χ0) is 15.2. The van der Waals surface area contributed by atoms with E-state index in [-0.39, 0.29) is 0 Å². The molecule has 2 aromatic rings. The molecule has 2 aromatic carbocycles. The van der Waals surface area contributed by atoms with Gasteiger partial charge in [-0.2, -0.15) is 5.26 Å². The summed E-state index contributed by atoms with van der Waals surface area (Å²) >= 11 is 5.87. The zero-order valence-corrected chi connectivity index (χ0v) is 12.5. The van der Waals surface area contributed by atoms with Crippen LogP contribution in [0.15, 0.2) is 42.5 Å². The van der Waals surface area contributed by atoms with Gasteiger partial charge in [-0.1, -0.05) is 23.7 Å². The Bertz CT molecular complexity index is 700. The van der Waals surface area contributed by atoms with Crippen molar-refractivity contribution in [3.63, 3.8) is 0 Å². The standard InChI is InChI=1S/C17H14ClNO2/c1-20-16-7-8-17(21-2)13(10-16)9-14(11-19)12-3-5-15(18)6-4-12/h3-10H,1-2H3/b14-9+. The van der Waals surface area contributed by atoms with Gasteiger partial charge >= 0.3 is 0 Å². The number of hydrogen-bond donors (Lipinski definition) is 0. The molecule has 0 radical (unpaired) electrons. The second kappa shape index (κ2) is 6.83. The van der Waals surface area contributed by atoms with Gasteiger partial charge in [-0.15, -0.1) is 0 Å². The summed E-state index contributed by atoms with van der Waals surface area (Å²) in [7, 11) is 3.19. The minimum absolute atomic E-state index is 0.526. The van der Waals surface area contributed by atoms with Crippen molar-refractivity contribution in [3.05, 3.63) is 58.6 Å². The third-order valence-corrected chi connectivity index (χ3v) is 3.26. The normalized spacial score (nSPS) is 10.9.